The maximum atomic E-state index is 12.4. The molecule has 22 heavy (non-hydrogen) atoms. The first-order chi connectivity index (χ1) is 10.6. The highest BCUT2D eigenvalue weighted by molar-refractivity contribution is 6.09. The van der Waals surface area contributed by atoms with Gasteiger partial charge in [-0.1, -0.05) is 31.0 Å². The van der Waals surface area contributed by atoms with Crippen LogP contribution in [0.5, 0.6) is 0 Å². The molecule has 2 unspecified atom stereocenters. The molecule has 0 spiro atoms. The van der Waals surface area contributed by atoms with Crippen molar-refractivity contribution in [1.82, 2.24) is 4.90 Å². The molecular weight excluding hydrogens is 280 g/mol. The Morgan fingerprint density at radius 3 is 2.18 bits per heavy atom. The summed E-state index contributed by atoms with van der Waals surface area (Å²) in [7, 11) is 1.66. The van der Waals surface area contributed by atoms with Crippen molar-refractivity contribution < 1.29 is 14.4 Å². The fourth-order valence-electron chi connectivity index (χ4n) is 3.42. The summed E-state index contributed by atoms with van der Waals surface area (Å²) in [5.41, 5.74) is 0.754. The van der Waals surface area contributed by atoms with Gasteiger partial charge in [0, 0.05) is 12.7 Å². The third-order valence-corrected chi connectivity index (χ3v) is 4.74. The number of carbonyl (C=O) groups excluding carboxylic acids is 3. The largest absolute Gasteiger partial charge is 0.314 e. The number of imide groups is 1. The summed E-state index contributed by atoms with van der Waals surface area (Å²) in [5.74, 6) is -0.965. The van der Waals surface area contributed by atoms with Crippen LogP contribution in [-0.4, -0.2) is 36.2 Å². The zero-order chi connectivity index (χ0) is 15.7. The summed E-state index contributed by atoms with van der Waals surface area (Å²) in [6, 6.07) is 9.22. The van der Waals surface area contributed by atoms with E-state index in [2.05, 4.69) is 0 Å². The summed E-state index contributed by atoms with van der Waals surface area (Å²) in [6.45, 7) is -0.157. The molecule has 0 aromatic heterocycles. The lowest BCUT2D eigenvalue weighted by molar-refractivity contribution is -0.143. The molecule has 3 amide bonds. The third-order valence-electron chi connectivity index (χ3n) is 4.74. The van der Waals surface area contributed by atoms with Crippen LogP contribution in [0.2, 0.25) is 0 Å². The first kappa shape index (κ1) is 14.8. The number of nitrogens with zero attached hydrogens (tertiary/aromatic N) is 2. The van der Waals surface area contributed by atoms with Gasteiger partial charge >= 0.3 is 0 Å². The van der Waals surface area contributed by atoms with Crippen molar-refractivity contribution >= 4 is 23.4 Å². The number of hydrogen-bond donors (Lipinski definition) is 0. The van der Waals surface area contributed by atoms with Gasteiger partial charge in [0.1, 0.15) is 6.54 Å². The Kier molecular flexibility index (Phi) is 3.96. The lowest BCUT2D eigenvalue weighted by atomic mass is 9.81. The van der Waals surface area contributed by atoms with E-state index in [1.807, 2.05) is 30.3 Å². The van der Waals surface area contributed by atoms with Crippen LogP contribution in [-0.2, 0) is 14.4 Å². The zero-order valence-electron chi connectivity index (χ0n) is 12.7. The van der Waals surface area contributed by atoms with Crippen molar-refractivity contribution in [2.75, 3.05) is 18.5 Å². The van der Waals surface area contributed by atoms with Crippen molar-refractivity contribution in [2.24, 2.45) is 11.8 Å². The van der Waals surface area contributed by atoms with Crippen molar-refractivity contribution in [1.29, 1.82) is 0 Å². The van der Waals surface area contributed by atoms with Crippen molar-refractivity contribution in [3.63, 3.8) is 0 Å². The number of hydrogen-bond acceptors (Lipinski definition) is 3. The molecule has 0 radical (unpaired) electrons. The Morgan fingerprint density at radius 2 is 1.64 bits per heavy atom. The van der Waals surface area contributed by atoms with Crippen LogP contribution in [0.15, 0.2) is 30.3 Å². The first-order valence-corrected chi connectivity index (χ1v) is 7.76. The lowest BCUT2D eigenvalue weighted by Crippen LogP contribution is -2.41. The van der Waals surface area contributed by atoms with Gasteiger partial charge in [0.25, 0.3) is 0 Å². The number of rotatable bonds is 3. The number of carbonyl (C=O) groups is 3. The van der Waals surface area contributed by atoms with Crippen LogP contribution in [0.4, 0.5) is 5.69 Å². The van der Waals surface area contributed by atoms with E-state index in [9.17, 15) is 14.4 Å². The van der Waals surface area contributed by atoms with E-state index >= 15 is 0 Å². The van der Waals surface area contributed by atoms with Crippen LogP contribution < -0.4 is 4.90 Å². The molecule has 1 heterocycles. The second kappa shape index (κ2) is 5.91. The molecule has 1 saturated carbocycles. The molecule has 1 aliphatic carbocycles. The summed E-state index contributed by atoms with van der Waals surface area (Å²) in [5, 5.41) is 0. The topological polar surface area (TPSA) is 57.7 Å². The number of benzene rings is 1. The number of anilines is 1. The molecule has 5 nitrogen and oxygen atoms in total. The minimum atomic E-state index is -0.244. The van der Waals surface area contributed by atoms with E-state index in [0.29, 0.717) is 0 Å². The van der Waals surface area contributed by atoms with E-state index < -0.39 is 0 Å². The van der Waals surface area contributed by atoms with E-state index in [0.717, 1.165) is 31.4 Å². The highest BCUT2D eigenvalue weighted by Gasteiger charge is 2.48. The second-order valence-electron chi connectivity index (χ2n) is 6.05. The van der Waals surface area contributed by atoms with Crippen molar-refractivity contribution in [3.8, 4) is 0 Å². The molecule has 5 heteroatoms. The standard InChI is InChI=1S/C17H20N2O3/c1-18(12-7-3-2-4-8-12)15(20)11-19-16(21)13-9-5-6-10-14(13)17(19)22/h2-4,7-8,13-14H,5-6,9-11H2,1H3. The molecule has 116 valence electrons. The molecular formula is C17H20N2O3. The van der Waals surface area contributed by atoms with Gasteiger partial charge < -0.3 is 4.90 Å². The van der Waals surface area contributed by atoms with Crippen LogP contribution in [0.1, 0.15) is 25.7 Å². The number of fused-ring (bicyclic) bond motifs is 1. The Morgan fingerprint density at radius 1 is 1.09 bits per heavy atom. The van der Waals surface area contributed by atoms with Gasteiger partial charge in [-0.05, 0) is 25.0 Å². The molecule has 0 bridgehead atoms. The normalized spacial score (nSPS) is 24.3. The highest BCUT2D eigenvalue weighted by atomic mass is 16.2. The van der Waals surface area contributed by atoms with Gasteiger partial charge in [0.2, 0.25) is 17.7 Å². The number of amides is 3. The van der Waals surface area contributed by atoms with Crippen molar-refractivity contribution in [3.05, 3.63) is 30.3 Å². The lowest BCUT2D eigenvalue weighted by Gasteiger charge is -2.21. The van der Waals surface area contributed by atoms with Crippen molar-refractivity contribution in [2.45, 2.75) is 25.7 Å². The Balaban J connectivity index is 1.71. The minimum Gasteiger partial charge on any atom is -0.314 e. The van der Waals surface area contributed by atoms with E-state index in [1.54, 1.807) is 7.05 Å². The first-order valence-electron chi connectivity index (χ1n) is 7.76. The van der Waals surface area contributed by atoms with Gasteiger partial charge in [0.05, 0.1) is 11.8 Å². The number of likely N-dealkylation sites (N-methyl/N-ethyl adjacent to an activating group) is 1. The van der Waals surface area contributed by atoms with Gasteiger partial charge in [-0.3, -0.25) is 19.3 Å². The SMILES string of the molecule is CN(C(=O)CN1C(=O)C2CCCCC2C1=O)c1ccccc1. The Hall–Kier alpha value is -2.17. The molecule has 2 aliphatic rings. The van der Waals surface area contributed by atoms with E-state index in [1.165, 1.54) is 9.80 Å². The summed E-state index contributed by atoms with van der Waals surface area (Å²) >= 11 is 0. The maximum Gasteiger partial charge on any atom is 0.246 e. The molecule has 1 saturated heterocycles. The second-order valence-corrected chi connectivity index (χ2v) is 6.05. The van der Waals surface area contributed by atoms with E-state index in [-0.39, 0.29) is 36.1 Å². The molecule has 1 aliphatic heterocycles. The highest BCUT2D eigenvalue weighted by Crippen LogP contribution is 2.37. The van der Waals surface area contributed by atoms with Gasteiger partial charge in [-0.25, -0.2) is 0 Å². The average Bonchev–Trinajstić information content (AvgIpc) is 2.80. The Bertz CT molecular complexity index is 575. The molecule has 0 N–H and O–H groups in total. The summed E-state index contributed by atoms with van der Waals surface area (Å²) in [6.07, 6.45) is 3.53. The predicted octanol–water partition coefficient (Wildman–Crippen LogP) is 1.82. The van der Waals surface area contributed by atoms with Gasteiger partial charge in [-0.2, -0.15) is 0 Å². The minimum absolute atomic E-state index is 0.157. The third kappa shape index (κ3) is 2.51. The monoisotopic (exact) mass is 300 g/mol. The smallest absolute Gasteiger partial charge is 0.246 e. The van der Waals surface area contributed by atoms with Crippen LogP contribution in [0.3, 0.4) is 0 Å². The molecule has 2 fully saturated rings. The van der Waals surface area contributed by atoms with Crippen LogP contribution in [0, 0.1) is 11.8 Å². The fourth-order valence-corrected chi connectivity index (χ4v) is 3.42. The summed E-state index contributed by atoms with van der Waals surface area (Å²) < 4.78 is 0. The van der Waals surface area contributed by atoms with Crippen LogP contribution in [0.25, 0.3) is 0 Å². The van der Waals surface area contributed by atoms with Gasteiger partial charge in [-0.15, -0.1) is 0 Å². The quantitative estimate of drug-likeness (QED) is 0.800. The maximum absolute atomic E-state index is 12.4. The number of para-hydroxylation sites is 1. The zero-order valence-corrected chi connectivity index (χ0v) is 12.7. The van der Waals surface area contributed by atoms with Crippen LogP contribution >= 0.6 is 0 Å². The molecule has 1 aromatic carbocycles. The Labute approximate surface area is 129 Å². The molecule has 2 atom stereocenters. The average molecular weight is 300 g/mol. The number of likely N-dealkylation sites (tertiary alicyclic amines) is 1. The predicted molar refractivity (Wildman–Crippen MR) is 82.0 cm³/mol. The van der Waals surface area contributed by atoms with E-state index in [4.69, 9.17) is 0 Å². The molecule has 1 aromatic rings. The fraction of sp³-hybridized carbons (Fsp3) is 0.471. The van der Waals surface area contributed by atoms with Gasteiger partial charge in [0.15, 0.2) is 0 Å². The summed E-state index contributed by atoms with van der Waals surface area (Å²) in [4.78, 5) is 39.8. The molecule has 3 rings (SSSR count).